The minimum Gasteiger partial charge on any atom is -0.389 e. The molecule has 1 amide bonds. The van der Waals surface area contributed by atoms with Crippen molar-refractivity contribution < 1.29 is 9.90 Å². The molecule has 0 aromatic rings. The highest BCUT2D eigenvalue weighted by Gasteiger charge is 2.43. The van der Waals surface area contributed by atoms with E-state index < -0.39 is 5.60 Å². The van der Waals surface area contributed by atoms with Crippen molar-refractivity contribution in [2.24, 2.45) is 0 Å². The Morgan fingerprint density at radius 1 is 1.10 bits per heavy atom. The Bertz CT molecular complexity index is 365. The van der Waals surface area contributed by atoms with Gasteiger partial charge in [-0.2, -0.15) is 0 Å². The van der Waals surface area contributed by atoms with Gasteiger partial charge >= 0.3 is 0 Å². The van der Waals surface area contributed by atoms with E-state index >= 15 is 0 Å². The first-order valence-electron chi connectivity index (χ1n) is 8.33. The minimum atomic E-state index is -0.460. The second-order valence-corrected chi connectivity index (χ2v) is 7.03. The zero-order valence-electron chi connectivity index (χ0n) is 12.7. The van der Waals surface area contributed by atoms with E-state index in [1.54, 1.807) is 6.92 Å². The fourth-order valence-corrected chi connectivity index (χ4v) is 4.60. The Labute approximate surface area is 122 Å². The van der Waals surface area contributed by atoms with Crippen molar-refractivity contribution in [3.8, 4) is 0 Å². The van der Waals surface area contributed by atoms with Crippen LogP contribution in [0.4, 0.5) is 0 Å². The highest BCUT2D eigenvalue weighted by molar-refractivity contribution is 5.74. The first-order chi connectivity index (χ1) is 9.59. The summed E-state index contributed by atoms with van der Waals surface area (Å²) in [7, 11) is 0. The van der Waals surface area contributed by atoms with Crippen LogP contribution < -0.4 is 0 Å². The van der Waals surface area contributed by atoms with E-state index in [9.17, 15) is 9.90 Å². The molecule has 0 spiro atoms. The van der Waals surface area contributed by atoms with Gasteiger partial charge in [-0.1, -0.05) is 19.3 Å². The summed E-state index contributed by atoms with van der Waals surface area (Å²) in [5, 5.41) is 10.7. The number of hydrogen-bond donors (Lipinski definition) is 1. The van der Waals surface area contributed by atoms with Gasteiger partial charge in [-0.25, -0.2) is 0 Å². The van der Waals surface area contributed by atoms with E-state index in [1.165, 1.54) is 12.8 Å². The molecule has 3 fully saturated rings. The molecule has 2 atom stereocenters. The number of rotatable bonds is 2. The molecule has 2 heterocycles. The molecule has 0 radical (unpaired) electrons. The quantitative estimate of drug-likeness (QED) is 0.838. The molecule has 2 saturated heterocycles. The fourth-order valence-electron chi connectivity index (χ4n) is 4.60. The van der Waals surface area contributed by atoms with Gasteiger partial charge < -0.3 is 10.0 Å². The zero-order valence-corrected chi connectivity index (χ0v) is 12.7. The van der Waals surface area contributed by atoms with Crippen LogP contribution in [-0.2, 0) is 4.79 Å². The van der Waals surface area contributed by atoms with Crippen molar-refractivity contribution in [3.63, 3.8) is 0 Å². The average Bonchev–Trinajstić information content (AvgIpc) is 2.96. The minimum absolute atomic E-state index is 0.221. The molecule has 0 aromatic carbocycles. The van der Waals surface area contributed by atoms with Crippen LogP contribution >= 0.6 is 0 Å². The van der Waals surface area contributed by atoms with Crippen LogP contribution in [0.3, 0.4) is 0 Å². The Morgan fingerprint density at radius 3 is 2.55 bits per heavy atom. The number of aliphatic hydroxyl groups is 1. The summed E-state index contributed by atoms with van der Waals surface area (Å²) < 4.78 is 0. The van der Waals surface area contributed by atoms with E-state index in [2.05, 4.69) is 9.80 Å². The number of hydrogen-bond acceptors (Lipinski definition) is 3. The largest absolute Gasteiger partial charge is 0.389 e. The van der Waals surface area contributed by atoms with Crippen LogP contribution in [0.2, 0.25) is 0 Å². The summed E-state index contributed by atoms with van der Waals surface area (Å²) in [6.45, 7) is 4.51. The smallest absolute Gasteiger partial charge is 0.219 e. The molecule has 0 aromatic heterocycles. The standard InChI is InChI=1S/C16H28N2O2/c1-13(19)18-11-7-14-15(18)6-2-5-10-17(14)12-16(20)8-3-4-9-16/h14-15,20H,2-12H2,1H3/t14-,15-/m1/s1. The summed E-state index contributed by atoms with van der Waals surface area (Å²) in [4.78, 5) is 16.4. The molecule has 1 saturated carbocycles. The summed E-state index contributed by atoms with van der Waals surface area (Å²) in [6, 6.07) is 0.867. The van der Waals surface area contributed by atoms with Crippen LogP contribution in [0, 0.1) is 0 Å². The van der Waals surface area contributed by atoms with Gasteiger partial charge in [0.05, 0.1) is 5.60 Å². The summed E-state index contributed by atoms with van der Waals surface area (Å²) in [6.07, 6.45) is 8.87. The van der Waals surface area contributed by atoms with Crippen LogP contribution in [-0.4, -0.2) is 58.1 Å². The van der Waals surface area contributed by atoms with E-state index in [0.717, 1.165) is 58.2 Å². The lowest BCUT2D eigenvalue weighted by Gasteiger charge is -2.37. The maximum absolute atomic E-state index is 11.8. The lowest BCUT2D eigenvalue weighted by Crippen LogP contribution is -2.50. The predicted octanol–water partition coefficient (Wildman–Crippen LogP) is 1.77. The lowest BCUT2D eigenvalue weighted by atomic mass is 9.98. The molecule has 114 valence electrons. The van der Waals surface area contributed by atoms with Crippen molar-refractivity contribution in [2.45, 2.75) is 76.0 Å². The molecule has 0 bridgehead atoms. The van der Waals surface area contributed by atoms with E-state index in [-0.39, 0.29) is 5.91 Å². The van der Waals surface area contributed by atoms with Gasteiger partial charge in [0.25, 0.3) is 0 Å². The van der Waals surface area contributed by atoms with Crippen LogP contribution in [0.1, 0.15) is 58.3 Å². The second kappa shape index (κ2) is 5.64. The predicted molar refractivity (Wildman–Crippen MR) is 78.4 cm³/mol. The third-order valence-electron chi connectivity index (χ3n) is 5.61. The fraction of sp³-hybridized carbons (Fsp3) is 0.938. The van der Waals surface area contributed by atoms with Crippen molar-refractivity contribution in [3.05, 3.63) is 0 Å². The summed E-state index contributed by atoms with van der Waals surface area (Å²) >= 11 is 0. The number of carbonyl (C=O) groups excluding carboxylic acids is 1. The van der Waals surface area contributed by atoms with Crippen LogP contribution in [0.25, 0.3) is 0 Å². The zero-order chi connectivity index (χ0) is 14.2. The Balaban J connectivity index is 1.72. The van der Waals surface area contributed by atoms with Crippen molar-refractivity contribution >= 4 is 5.91 Å². The molecule has 0 unspecified atom stereocenters. The third kappa shape index (κ3) is 2.73. The topological polar surface area (TPSA) is 43.8 Å². The molecule has 4 nitrogen and oxygen atoms in total. The number of fused-ring (bicyclic) bond motifs is 1. The van der Waals surface area contributed by atoms with Crippen molar-refractivity contribution in [1.29, 1.82) is 0 Å². The van der Waals surface area contributed by atoms with Gasteiger partial charge in [0.1, 0.15) is 0 Å². The molecule has 3 aliphatic rings. The van der Waals surface area contributed by atoms with Gasteiger partial charge in [0.2, 0.25) is 5.91 Å². The summed E-state index contributed by atoms with van der Waals surface area (Å²) in [5.74, 6) is 0.221. The SMILES string of the molecule is CC(=O)N1CC[C@@H]2[C@H]1CCCCN2CC1(O)CCCC1. The normalized spacial score (nSPS) is 34.0. The highest BCUT2D eigenvalue weighted by Crippen LogP contribution is 2.35. The second-order valence-electron chi connectivity index (χ2n) is 7.03. The molecular weight excluding hydrogens is 252 g/mol. The number of carbonyl (C=O) groups is 1. The van der Waals surface area contributed by atoms with Gasteiger partial charge in [-0.05, 0) is 38.6 Å². The van der Waals surface area contributed by atoms with E-state index in [4.69, 9.17) is 0 Å². The molecule has 3 rings (SSSR count). The van der Waals surface area contributed by atoms with Crippen molar-refractivity contribution in [2.75, 3.05) is 19.6 Å². The van der Waals surface area contributed by atoms with Gasteiger partial charge in [-0.15, -0.1) is 0 Å². The first-order valence-corrected chi connectivity index (χ1v) is 8.33. The monoisotopic (exact) mass is 280 g/mol. The van der Waals surface area contributed by atoms with Gasteiger partial charge in [-0.3, -0.25) is 9.69 Å². The maximum Gasteiger partial charge on any atom is 0.219 e. The third-order valence-corrected chi connectivity index (χ3v) is 5.61. The lowest BCUT2D eigenvalue weighted by molar-refractivity contribution is -0.130. The Morgan fingerprint density at radius 2 is 1.85 bits per heavy atom. The van der Waals surface area contributed by atoms with Crippen LogP contribution in [0.5, 0.6) is 0 Å². The number of nitrogens with zero attached hydrogens (tertiary/aromatic N) is 2. The van der Waals surface area contributed by atoms with E-state index in [0.29, 0.717) is 12.1 Å². The molecule has 20 heavy (non-hydrogen) atoms. The van der Waals surface area contributed by atoms with E-state index in [1.807, 2.05) is 0 Å². The number of likely N-dealkylation sites (tertiary alicyclic amines) is 2. The van der Waals surface area contributed by atoms with Gasteiger partial charge in [0.15, 0.2) is 0 Å². The first kappa shape index (κ1) is 14.3. The number of amides is 1. The molecule has 4 heteroatoms. The number of β-amino-alcohol motifs (C(OH)–C–C–N with tert-alkyl or cyclic N) is 1. The Kier molecular flexibility index (Phi) is 4.04. The molecular formula is C16H28N2O2. The highest BCUT2D eigenvalue weighted by atomic mass is 16.3. The molecule has 1 aliphatic carbocycles. The Hall–Kier alpha value is -0.610. The van der Waals surface area contributed by atoms with Crippen LogP contribution in [0.15, 0.2) is 0 Å². The van der Waals surface area contributed by atoms with Gasteiger partial charge in [0, 0.05) is 32.1 Å². The van der Waals surface area contributed by atoms with Crippen molar-refractivity contribution in [1.82, 2.24) is 9.80 Å². The maximum atomic E-state index is 11.8. The molecule has 2 aliphatic heterocycles. The average molecular weight is 280 g/mol. The summed E-state index contributed by atoms with van der Waals surface area (Å²) in [5.41, 5.74) is -0.460. The molecule has 1 N–H and O–H groups in total.